The molecule has 0 radical (unpaired) electrons. The lowest BCUT2D eigenvalue weighted by Gasteiger charge is -2.27. The summed E-state index contributed by atoms with van der Waals surface area (Å²) in [7, 11) is -3.29. The van der Waals surface area contributed by atoms with Gasteiger partial charge in [-0.05, 0) is 25.7 Å². The molecule has 1 N–H and O–H groups in total. The largest absolute Gasteiger partial charge is 0.455 e. The highest BCUT2D eigenvalue weighted by molar-refractivity contribution is 7.81. The van der Waals surface area contributed by atoms with Crippen molar-refractivity contribution in [2.45, 2.75) is 36.9 Å². The van der Waals surface area contributed by atoms with E-state index in [1.165, 1.54) is 0 Å². The van der Waals surface area contributed by atoms with E-state index in [9.17, 15) is 14.2 Å². The fourth-order valence-electron chi connectivity index (χ4n) is 4.03. The minimum atomic E-state index is -3.29. The zero-order chi connectivity index (χ0) is 21.0. The van der Waals surface area contributed by atoms with Crippen molar-refractivity contribution >= 4 is 29.6 Å². The maximum absolute atomic E-state index is 14.5. The highest BCUT2D eigenvalue weighted by Gasteiger charge is 2.65. The van der Waals surface area contributed by atoms with Crippen LogP contribution in [0.15, 0.2) is 60.7 Å². The van der Waals surface area contributed by atoms with Crippen LogP contribution in [0, 0.1) is 0 Å². The lowest BCUT2D eigenvalue weighted by molar-refractivity contribution is -0.149. The van der Waals surface area contributed by atoms with Gasteiger partial charge in [-0.15, -0.1) is 0 Å². The maximum atomic E-state index is 14.5. The summed E-state index contributed by atoms with van der Waals surface area (Å²) < 4.78 is 25.3. The Balaban J connectivity index is 1.49. The molecule has 0 aromatic heterocycles. The van der Waals surface area contributed by atoms with Crippen LogP contribution in [0.5, 0.6) is 0 Å². The molecule has 1 heterocycles. The monoisotopic (exact) mass is 427 g/mol. The molecule has 0 spiro atoms. The first kappa shape index (κ1) is 20.8. The smallest absolute Gasteiger partial charge is 0.320 e. The van der Waals surface area contributed by atoms with E-state index in [-0.39, 0.29) is 18.6 Å². The first-order valence-corrected chi connectivity index (χ1v) is 12.0. The molecule has 7 heteroatoms. The van der Waals surface area contributed by atoms with Crippen molar-refractivity contribution in [3.63, 3.8) is 0 Å². The van der Waals surface area contributed by atoms with E-state index in [4.69, 9.17) is 9.47 Å². The third-order valence-corrected chi connectivity index (χ3v) is 9.72. The van der Waals surface area contributed by atoms with E-state index in [0.29, 0.717) is 36.6 Å². The van der Waals surface area contributed by atoms with Crippen LogP contribution in [0.4, 0.5) is 0 Å². The second-order valence-corrected chi connectivity index (χ2v) is 10.9. The molecular formula is C23H26NO5P. The van der Waals surface area contributed by atoms with Gasteiger partial charge in [-0.3, -0.25) is 9.59 Å². The predicted molar refractivity (Wildman–Crippen MR) is 115 cm³/mol. The van der Waals surface area contributed by atoms with Crippen molar-refractivity contribution in [2.75, 3.05) is 19.8 Å². The van der Waals surface area contributed by atoms with Crippen molar-refractivity contribution < 1.29 is 23.6 Å². The van der Waals surface area contributed by atoms with Crippen molar-refractivity contribution in [1.82, 2.24) is 5.32 Å². The number of rotatable bonds is 8. The number of benzene rings is 2. The third kappa shape index (κ3) is 3.94. The van der Waals surface area contributed by atoms with Gasteiger partial charge in [0.2, 0.25) is 0 Å². The van der Waals surface area contributed by atoms with Gasteiger partial charge in [-0.2, -0.15) is 0 Å². The van der Waals surface area contributed by atoms with Gasteiger partial charge >= 0.3 is 5.97 Å². The number of esters is 1. The molecule has 0 bridgehead atoms. The molecule has 158 valence electrons. The van der Waals surface area contributed by atoms with E-state index in [2.05, 4.69) is 5.32 Å². The van der Waals surface area contributed by atoms with Crippen LogP contribution in [0.2, 0.25) is 0 Å². The van der Waals surface area contributed by atoms with Gasteiger partial charge in [0.25, 0.3) is 5.91 Å². The molecule has 2 fully saturated rings. The zero-order valence-corrected chi connectivity index (χ0v) is 17.7. The Morgan fingerprint density at radius 2 is 1.63 bits per heavy atom. The van der Waals surface area contributed by atoms with Crippen molar-refractivity contribution in [3.05, 3.63) is 60.7 Å². The number of hydrogen-bond acceptors (Lipinski definition) is 5. The predicted octanol–water partition coefficient (Wildman–Crippen LogP) is 2.37. The number of hydrogen-bond donors (Lipinski definition) is 1. The highest BCUT2D eigenvalue weighted by atomic mass is 31.2. The van der Waals surface area contributed by atoms with Gasteiger partial charge in [-0.1, -0.05) is 60.7 Å². The second-order valence-electron chi connectivity index (χ2n) is 7.83. The second kappa shape index (κ2) is 8.75. The van der Waals surface area contributed by atoms with Gasteiger partial charge in [0.05, 0.1) is 6.10 Å². The van der Waals surface area contributed by atoms with Crippen LogP contribution < -0.4 is 15.9 Å². The van der Waals surface area contributed by atoms with Gasteiger partial charge in [0.1, 0.15) is 5.16 Å². The molecule has 1 amide bonds. The quantitative estimate of drug-likeness (QED) is 0.517. The van der Waals surface area contributed by atoms with E-state index in [0.717, 1.165) is 12.8 Å². The molecule has 1 aliphatic carbocycles. The van der Waals surface area contributed by atoms with Crippen LogP contribution in [-0.2, 0) is 23.6 Å². The maximum Gasteiger partial charge on any atom is 0.320 e. The van der Waals surface area contributed by atoms with Gasteiger partial charge < -0.3 is 19.4 Å². The van der Waals surface area contributed by atoms with Gasteiger partial charge in [0, 0.05) is 23.8 Å². The summed E-state index contributed by atoms with van der Waals surface area (Å²) in [6, 6.07) is 18.2. The molecule has 2 aliphatic rings. The minimum absolute atomic E-state index is 0.0239. The zero-order valence-electron chi connectivity index (χ0n) is 16.8. The van der Waals surface area contributed by atoms with Crippen LogP contribution in [0.3, 0.4) is 0 Å². The van der Waals surface area contributed by atoms with Crippen molar-refractivity contribution in [2.24, 2.45) is 0 Å². The lowest BCUT2D eigenvalue weighted by atomic mass is 10.2. The standard InChI is InChI=1S/C23H26NO5P/c25-21(24-16-18-8-7-15-28-18)17-29-22(26)23(13-14-23)30(27,19-9-3-1-4-10-19)20-11-5-2-6-12-20/h1-6,9-12,18H,7-8,13-17H2,(H,24,25). The molecule has 4 rings (SSSR count). The molecule has 1 saturated carbocycles. The fourth-order valence-corrected chi connectivity index (χ4v) is 7.57. The van der Waals surface area contributed by atoms with E-state index < -0.39 is 18.3 Å². The average molecular weight is 427 g/mol. The topological polar surface area (TPSA) is 81.7 Å². The normalized spacial score (nSPS) is 19.8. The van der Waals surface area contributed by atoms with Gasteiger partial charge in [-0.25, -0.2) is 0 Å². The van der Waals surface area contributed by atoms with E-state index in [1.54, 1.807) is 24.3 Å². The highest BCUT2D eigenvalue weighted by Crippen LogP contribution is 2.68. The first-order chi connectivity index (χ1) is 14.6. The van der Waals surface area contributed by atoms with Crippen LogP contribution >= 0.6 is 7.14 Å². The van der Waals surface area contributed by atoms with Crippen molar-refractivity contribution in [1.29, 1.82) is 0 Å². The summed E-state index contributed by atoms with van der Waals surface area (Å²) in [5.74, 6) is -0.935. The first-order valence-electron chi connectivity index (χ1n) is 10.3. The lowest BCUT2D eigenvalue weighted by Crippen LogP contribution is -2.38. The Labute approximate surface area is 176 Å². The van der Waals surface area contributed by atoms with Crippen LogP contribution in [-0.4, -0.2) is 42.9 Å². The van der Waals surface area contributed by atoms with Crippen LogP contribution in [0.1, 0.15) is 25.7 Å². The summed E-state index contributed by atoms with van der Waals surface area (Å²) >= 11 is 0. The summed E-state index contributed by atoms with van der Waals surface area (Å²) in [4.78, 5) is 25.2. The Bertz CT molecular complexity index is 893. The third-order valence-electron chi connectivity index (χ3n) is 5.83. The van der Waals surface area contributed by atoms with Crippen LogP contribution in [0.25, 0.3) is 0 Å². The molecule has 2 aromatic rings. The Kier molecular flexibility index (Phi) is 6.07. The fraction of sp³-hybridized carbons (Fsp3) is 0.391. The molecule has 1 saturated heterocycles. The number of ether oxygens (including phenoxy) is 2. The summed E-state index contributed by atoms with van der Waals surface area (Å²) in [5, 5.41) is 2.90. The number of carbonyl (C=O) groups is 2. The Morgan fingerprint density at radius 3 is 2.13 bits per heavy atom. The molecule has 30 heavy (non-hydrogen) atoms. The molecule has 1 aliphatic heterocycles. The summed E-state index contributed by atoms with van der Waals surface area (Å²) in [6.07, 6.45) is 2.89. The average Bonchev–Trinajstić information content (AvgIpc) is 3.45. The molecule has 1 atom stereocenters. The van der Waals surface area contributed by atoms with Crippen molar-refractivity contribution in [3.8, 4) is 0 Å². The SMILES string of the molecule is O=C(COC(=O)C1(P(=O)(c2ccccc2)c2ccccc2)CC1)NCC1CCCO1. The Hall–Kier alpha value is -2.43. The molecule has 2 aromatic carbocycles. The molecule has 1 unspecified atom stereocenters. The molecule has 6 nitrogen and oxygen atoms in total. The summed E-state index contributed by atoms with van der Waals surface area (Å²) in [6.45, 7) is 0.747. The minimum Gasteiger partial charge on any atom is -0.455 e. The van der Waals surface area contributed by atoms with E-state index >= 15 is 0 Å². The number of carbonyl (C=O) groups excluding carboxylic acids is 2. The summed E-state index contributed by atoms with van der Waals surface area (Å²) in [5.41, 5.74) is 0. The van der Waals surface area contributed by atoms with Gasteiger partial charge in [0.15, 0.2) is 13.7 Å². The van der Waals surface area contributed by atoms with E-state index in [1.807, 2.05) is 36.4 Å². The Morgan fingerprint density at radius 1 is 1.03 bits per heavy atom. The number of amides is 1. The molecular weight excluding hydrogens is 401 g/mol. The number of nitrogens with one attached hydrogen (secondary N) is 1.